The summed E-state index contributed by atoms with van der Waals surface area (Å²) >= 11 is 0. The van der Waals surface area contributed by atoms with Crippen LogP contribution in [0.3, 0.4) is 0 Å². The Hall–Kier alpha value is -2.09. The Morgan fingerprint density at radius 3 is 2.10 bits per heavy atom. The largest absolute Gasteiger partial charge is 0.332 e. The van der Waals surface area contributed by atoms with Gasteiger partial charge in [-0.2, -0.15) is 0 Å². The van der Waals surface area contributed by atoms with Crippen molar-refractivity contribution in [2.75, 3.05) is 13.1 Å². The standard InChI is InChI=1S/C13H19N5O3/c1-14-9-10(15(2)12(20)16(3)11(9)19)18(13(14)21)8-17-6-4-5-7-17/h4-8H2,1-3H3. The number of hydrogen-bond donors (Lipinski definition) is 0. The molecule has 0 atom stereocenters. The van der Waals surface area contributed by atoms with Crippen molar-refractivity contribution >= 4 is 11.2 Å². The zero-order chi connectivity index (χ0) is 15.3. The van der Waals surface area contributed by atoms with Crippen molar-refractivity contribution in [3.63, 3.8) is 0 Å². The molecule has 1 aliphatic heterocycles. The van der Waals surface area contributed by atoms with Gasteiger partial charge in [-0.1, -0.05) is 0 Å². The number of fused-ring (bicyclic) bond motifs is 1. The molecule has 0 radical (unpaired) electrons. The van der Waals surface area contributed by atoms with Gasteiger partial charge in [0.2, 0.25) is 0 Å². The van der Waals surface area contributed by atoms with Gasteiger partial charge < -0.3 is 0 Å². The minimum Gasteiger partial charge on any atom is -0.289 e. The molecule has 0 spiro atoms. The molecule has 114 valence electrons. The highest BCUT2D eigenvalue weighted by Gasteiger charge is 2.21. The minimum absolute atomic E-state index is 0.267. The molecule has 1 aliphatic rings. The van der Waals surface area contributed by atoms with Gasteiger partial charge in [-0.05, 0) is 25.9 Å². The Morgan fingerprint density at radius 1 is 0.857 bits per heavy atom. The van der Waals surface area contributed by atoms with Crippen molar-refractivity contribution in [3.05, 3.63) is 31.3 Å². The molecule has 21 heavy (non-hydrogen) atoms. The maximum Gasteiger partial charge on any atom is 0.332 e. The number of imidazole rings is 1. The van der Waals surface area contributed by atoms with Crippen molar-refractivity contribution < 1.29 is 0 Å². The second-order valence-electron chi connectivity index (χ2n) is 5.61. The normalized spacial score (nSPS) is 16.1. The third-order valence-electron chi connectivity index (χ3n) is 4.26. The lowest BCUT2D eigenvalue weighted by molar-refractivity contribution is 0.268. The van der Waals surface area contributed by atoms with E-state index in [9.17, 15) is 14.4 Å². The average Bonchev–Trinajstić information content (AvgIpc) is 3.05. The Bertz CT molecular complexity index is 876. The molecule has 0 bridgehead atoms. The number of likely N-dealkylation sites (tertiary alicyclic amines) is 1. The molecule has 1 saturated heterocycles. The quantitative estimate of drug-likeness (QED) is 0.696. The van der Waals surface area contributed by atoms with Crippen molar-refractivity contribution in [2.45, 2.75) is 19.5 Å². The van der Waals surface area contributed by atoms with E-state index in [4.69, 9.17) is 0 Å². The topological polar surface area (TPSA) is 74.2 Å². The third-order valence-corrected chi connectivity index (χ3v) is 4.26. The van der Waals surface area contributed by atoms with Crippen LogP contribution in [0.2, 0.25) is 0 Å². The van der Waals surface area contributed by atoms with E-state index in [-0.39, 0.29) is 11.2 Å². The molecular formula is C13H19N5O3. The molecule has 1 fully saturated rings. The third kappa shape index (κ3) is 1.90. The lowest BCUT2D eigenvalue weighted by Crippen LogP contribution is -2.38. The summed E-state index contributed by atoms with van der Waals surface area (Å²) in [5.41, 5.74) is -0.470. The first-order valence-electron chi connectivity index (χ1n) is 7.01. The molecule has 0 aliphatic carbocycles. The van der Waals surface area contributed by atoms with Gasteiger partial charge in [0.25, 0.3) is 5.56 Å². The Morgan fingerprint density at radius 2 is 1.48 bits per heavy atom. The molecule has 8 nitrogen and oxygen atoms in total. The Balaban J connectivity index is 2.35. The zero-order valence-corrected chi connectivity index (χ0v) is 12.5. The molecule has 0 saturated carbocycles. The maximum atomic E-state index is 12.4. The number of rotatable bonds is 2. The smallest absolute Gasteiger partial charge is 0.289 e. The molecule has 2 aromatic heterocycles. The monoisotopic (exact) mass is 293 g/mol. The summed E-state index contributed by atoms with van der Waals surface area (Å²) in [5, 5.41) is 0. The Labute approximate surface area is 120 Å². The van der Waals surface area contributed by atoms with E-state index < -0.39 is 11.2 Å². The maximum absolute atomic E-state index is 12.4. The van der Waals surface area contributed by atoms with Crippen LogP contribution in [0.5, 0.6) is 0 Å². The van der Waals surface area contributed by atoms with Gasteiger partial charge in [-0.25, -0.2) is 9.59 Å². The fraction of sp³-hybridized carbons (Fsp3) is 0.615. The average molecular weight is 293 g/mol. The lowest BCUT2D eigenvalue weighted by atomic mass is 10.4. The van der Waals surface area contributed by atoms with E-state index in [1.807, 2.05) is 0 Å². The molecule has 0 aromatic carbocycles. The number of aryl methyl sites for hydroxylation is 2. The van der Waals surface area contributed by atoms with Crippen LogP contribution in [0.1, 0.15) is 12.8 Å². The molecule has 3 heterocycles. The van der Waals surface area contributed by atoms with E-state index in [2.05, 4.69) is 4.90 Å². The van der Waals surface area contributed by atoms with Gasteiger partial charge in [-0.3, -0.25) is 28.0 Å². The fourth-order valence-corrected chi connectivity index (χ4v) is 3.04. The molecule has 0 unspecified atom stereocenters. The molecule has 2 aromatic rings. The number of hydrogen-bond acceptors (Lipinski definition) is 4. The van der Waals surface area contributed by atoms with Crippen LogP contribution >= 0.6 is 0 Å². The minimum atomic E-state index is -0.437. The van der Waals surface area contributed by atoms with E-state index in [1.165, 1.54) is 20.7 Å². The molecular weight excluding hydrogens is 274 g/mol. The molecule has 0 N–H and O–H groups in total. The highest BCUT2D eigenvalue weighted by Crippen LogP contribution is 2.11. The van der Waals surface area contributed by atoms with Crippen LogP contribution in [0.15, 0.2) is 14.4 Å². The second kappa shape index (κ2) is 4.73. The number of aromatic nitrogens is 4. The molecule has 8 heteroatoms. The lowest BCUT2D eigenvalue weighted by Gasteiger charge is -2.16. The summed E-state index contributed by atoms with van der Waals surface area (Å²) in [6, 6.07) is 0. The van der Waals surface area contributed by atoms with Crippen molar-refractivity contribution in [3.8, 4) is 0 Å². The fourth-order valence-electron chi connectivity index (χ4n) is 3.04. The summed E-state index contributed by atoms with van der Waals surface area (Å²) in [5.74, 6) is 0. The van der Waals surface area contributed by atoms with Gasteiger partial charge in [0.1, 0.15) is 0 Å². The van der Waals surface area contributed by atoms with E-state index in [0.29, 0.717) is 12.3 Å². The zero-order valence-electron chi connectivity index (χ0n) is 12.5. The summed E-state index contributed by atoms with van der Waals surface area (Å²) in [7, 11) is 4.58. The van der Waals surface area contributed by atoms with E-state index in [0.717, 1.165) is 30.5 Å². The predicted molar refractivity (Wildman–Crippen MR) is 78.5 cm³/mol. The van der Waals surface area contributed by atoms with Crippen LogP contribution in [0.25, 0.3) is 11.2 Å². The van der Waals surface area contributed by atoms with Gasteiger partial charge in [0, 0.05) is 21.1 Å². The first-order chi connectivity index (χ1) is 9.93. The van der Waals surface area contributed by atoms with Crippen molar-refractivity contribution in [2.24, 2.45) is 21.1 Å². The summed E-state index contributed by atoms with van der Waals surface area (Å²) in [6.07, 6.45) is 2.22. The van der Waals surface area contributed by atoms with Crippen LogP contribution < -0.4 is 16.9 Å². The number of nitrogens with zero attached hydrogens (tertiary/aromatic N) is 5. The molecule has 3 rings (SSSR count). The van der Waals surface area contributed by atoms with Crippen molar-refractivity contribution in [1.29, 1.82) is 0 Å². The van der Waals surface area contributed by atoms with Crippen LogP contribution in [0, 0.1) is 0 Å². The van der Waals surface area contributed by atoms with Gasteiger partial charge in [0.15, 0.2) is 11.2 Å². The Kier molecular flexibility index (Phi) is 3.12. The van der Waals surface area contributed by atoms with Crippen molar-refractivity contribution in [1.82, 2.24) is 23.2 Å². The highest BCUT2D eigenvalue weighted by molar-refractivity contribution is 5.70. The predicted octanol–water partition coefficient (Wildman–Crippen LogP) is -1.21. The van der Waals surface area contributed by atoms with Crippen LogP contribution in [-0.2, 0) is 27.8 Å². The van der Waals surface area contributed by atoms with Gasteiger partial charge in [0.05, 0.1) is 6.67 Å². The van der Waals surface area contributed by atoms with Crippen LogP contribution in [0.4, 0.5) is 0 Å². The summed E-state index contributed by atoms with van der Waals surface area (Å²) < 4.78 is 5.24. The van der Waals surface area contributed by atoms with E-state index >= 15 is 0 Å². The van der Waals surface area contributed by atoms with Gasteiger partial charge >= 0.3 is 11.4 Å². The van der Waals surface area contributed by atoms with E-state index in [1.54, 1.807) is 14.1 Å². The van der Waals surface area contributed by atoms with Crippen LogP contribution in [-0.4, -0.2) is 36.3 Å². The molecule has 0 amide bonds. The highest BCUT2D eigenvalue weighted by atomic mass is 16.2. The first kappa shape index (κ1) is 13.9. The first-order valence-corrected chi connectivity index (χ1v) is 7.01. The second-order valence-corrected chi connectivity index (χ2v) is 5.61. The summed E-state index contributed by atoms with van der Waals surface area (Å²) in [6.45, 7) is 2.28. The van der Waals surface area contributed by atoms with Gasteiger partial charge in [-0.15, -0.1) is 0 Å². The summed E-state index contributed by atoms with van der Waals surface area (Å²) in [4.78, 5) is 39.0. The SMILES string of the molecule is Cn1c(=O)c2c(n(C)c1=O)n(CN1CCCC1)c(=O)n2C.